The van der Waals surface area contributed by atoms with Crippen LogP contribution < -0.4 is 27.4 Å². The van der Waals surface area contributed by atoms with E-state index in [9.17, 15) is 24.3 Å². The van der Waals surface area contributed by atoms with Crippen molar-refractivity contribution in [3.8, 4) is 0 Å². The third-order valence-electron chi connectivity index (χ3n) is 5.11. The zero-order valence-corrected chi connectivity index (χ0v) is 21.4. The number of carboxylic acids is 1. The highest BCUT2D eigenvalue weighted by atomic mass is 32.2. The first-order valence-electron chi connectivity index (χ1n) is 11.5. The molecule has 10 nitrogen and oxygen atoms in total. The fourth-order valence-corrected chi connectivity index (χ4v) is 3.67. The maximum absolute atomic E-state index is 13.0. The smallest absolute Gasteiger partial charge is 0.326 e. The number of carboxylic acid groups (broad SMARTS) is 1. The van der Waals surface area contributed by atoms with Crippen molar-refractivity contribution in [2.24, 2.45) is 23.3 Å². The summed E-state index contributed by atoms with van der Waals surface area (Å²) in [6, 6.07) is -3.60. The minimum Gasteiger partial charge on any atom is -0.480 e. The molecular weight excluding hydrogens is 446 g/mol. The molecule has 0 saturated carbocycles. The Bertz CT molecular complexity index is 632. The number of hydrogen-bond acceptors (Lipinski definition) is 7. The molecule has 11 heteroatoms. The van der Waals surface area contributed by atoms with Crippen molar-refractivity contribution in [1.29, 1.82) is 0 Å². The molecule has 8 N–H and O–H groups in total. The summed E-state index contributed by atoms with van der Waals surface area (Å²) >= 11 is 1.53. The number of nitrogens with one attached hydrogen (secondary N) is 3. The SMILES string of the molecule is CSCCC(NC(=O)C(N)CC(C)C)C(=O)NC(C(=O)NC(CCCCN)C(=O)O)C(C)C. The summed E-state index contributed by atoms with van der Waals surface area (Å²) in [6.45, 7) is 7.86. The zero-order valence-electron chi connectivity index (χ0n) is 20.6. The molecule has 192 valence electrons. The normalized spacial score (nSPS) is 14.9. The third-order valence-corrected chi connectivity index (χ3v) is 5.76. The van der Waals surface area contributed by atoms with Crippen LogP contribution in [0.15, 0.2) is 0 Å². The third kappa shape index (κ3) is 12.8. The van der Waals surface area contributed by atoms with Gasteiger partial charge >= 0.3 is 5.97 Å². The van der Waals surface area contributed by atoms with Gasteiger partial charge in [0.15, 0.2) is 0 Å². The van der Waals surface area contributed by atoms with Crippen molar-refractivity contribution in [3.63, 3.8) is 0 Å². The number of aliphatic carboxylic acids is 1. The Morgan fingerprint density at radius 1 is 0.879 bits per heavy atom. The summed E-state index contributed by atoms with van der Waals surface area (Å²) in [5.41, 5.74) is 11.4. The molecule has 33 heavy (non-hydrogen) atoms. The standard InChI is InChI=1S/C22H43N5O5S/c1-13(2)12-15(24)19(28)25-16(9-11-33-5)20(29)27-18(14(3)4)21(30)26-17(22(31)32)8-6-7-10-23/h13-18H,6-12,23-24H2,1-5H3,(H,25,28)(H,26,30)(H,27,29)(H,31,32). The second kappa shape index (κ2) is 16.7. The monoisotopic (exact) mass is 489 g/mol. The molecule has 4 unspecified atom stereocenters. The van der Waals surface area contributed by atoms with E-state index in [-0.39, 0.29) is 18.3 Å². The van der Waals surface area contributed by atoms with E-state index in [1.54, 1.807) is 13.8 Å². The van der Waals surface area contributed by atoms with Gasteiger partial charge < -0.3 is 32.5 Å². The number of carbonyl (C=O) groups excluding carboxylic acids is 3. The molecule has 0 fully saturated rings. The van der Waals surface area contributed by atoms with E-state index in [1.165, 1.54) is 11.8 Å². The topological polar surface area (TPSA) is 177 Å². The zero-order chi connectivity index (χ0) is 25.6. The first-order chi connectivity index (χ1) is 15.4. The number of nitrogens with two attached hydrogens (primary N) is 2. The van der Waals surface area contributed by atoms with Crippen molar-refractivity contribution >= 4 is 35.5 Å². The predicted octanol–water partition coefficient (Wildman–Crippen LogP) is 0.437. The van der Waals surface area contributed by atoms with E-state index in [2.05, 4.69) is 16.0 Å². The van der Waals surface area contributed by atoms with Crippen LogP contribution in [0.3, 0.4) is 0 Å². The van der Waals surface area contributed by atoms with Gasteiger partial charge in [-0.05, 0) is 62.5 Å². The fourth-order valence-electron chi connectivity index (χ4n) is 3.20. The first kappa shape index (κ1) is 31.1. The molecular formula is C22H43N5O5S. The number of carbonyl (C=O) groups is 4. The maximum Gasteiger partial charge on any atom is 0.326 e. The van der Waals surface area contributed by atoms with Crippen molar-refractivity contribution in [2.45, 2.75) is 84.0 Å². The quantitative estimate of drug-likeness (QED) is 0.159. The molecule has 0 bridgehead atoms. The van der Waals surface area contributed by atoms with Crippen LogP contribution in [-0.2, 0) is 19.2 Å². The Labute approximate surface area is 201 Å². The summed E-state index contributed by atoms with van der Waals surface area (Å²) < 4.78 is 0. The molecule has 0 aromatic carbocycles. The Morgan fingerprint density at radius 2 is 1.48 bits per heavy atom. The Hall–Kier alpha value is -1.85. The van der Waals surface area contributed by atoms with Gasteiger partial charge in [-0.2, -0.15) is 11.8 Å². The molecule has 0 aromatic rings. The minimum absolute atomic E-state index is 0.227. The van der Waals surface area contributed by atoms with Gasteiger partial charge in [0.1, 0.15) is 18.1 Å². The molecule has 0 aliphatic carbocycles. The van der Waals surface area contributed by atoms with Crippen LogP contribution in [0, 0.1) is 11.8 Å². The summed E-state index contributed by atoms with van der Waals surface area (Å²) in [6.07, 6.45) is 4.21. The van der Waals surface area contributed by atoms with Crippen molar-refractivity contribution < 1.29 is 24.3 Å². The van der Waals surface area contributed by atoms with Crippen molar-refractivity contribution in [2.75, 3.05) is 18.6 Å². The van der Waals surface area contributed by atoms with E-state index < -0.39 is 47.9 Å². The van der Waals surface area contributed by atoms with Gasteiger partial charge in [0.2, 0.25) is 17.7 Å². The Kier molecular flexibility index (Phi) is 15.8. The molecule has 0 aliphatic rings. The minimum atomic E-state index is -1.14. The van der Waals surface area contributed by atoms with Crippen LogP contribution in [0.2, 0.25) is 0 Å². The van der Waals surface area contributed by atoms with Gasteiger partial charge in [-0.15, -0.1) is 0 Å². The Morgan fingerprint density at radius 3 is 1.97 bits per heavy atom. The highest BCUT2D eigenvalue weighted by Crippen LogP contribution is 2.09. The molecule has 0 aromatic heterocycles. The Balaban J connectivity index is 5.31. The lowest BCUT2D eigenvalue weighted by molar-refractivity contribution is -0.142. The number of amides is 3. The lowest BCUT2D eigenvalue weighted by Crippen LogP contribution is -2.58. The van der Waals surface area contributed by atoms with E-state index in [1.807, 2.05) is 20.1 Å². The van der Waals surface area contributed by atoms with Gasteiger partial charge in [0, 0.05) is 0 Å². The second-order valence-electron chi connectivity index (χ2n) is 8.99. The largest absolute Gasteiger partial charge is 0.480 e. The lowest BCUT2D eigenvalue weighted by Gasteiger charge is -2.27. The second-order valence-corrected chi connectivity index (χ2v) is 9.98. The molecule has 0 saturated heterocycles. The highest BCUT2D eigenvalue weighted by molar-refractivity contribution is 7.98. The van der Waals surface area contributed by atoms with Crippen LogP contribution in [-0.4, -0.2) is 71.5 Å². The fraction of sp³-hybridized carbons (Fsp3) is 0.818. The highest BCUT2D eigenvalue weighted by Gasteiger charge is 2.31. The van der Waals surface area contributed by atoms with E-state index in [4.69, 9.17) is 11.5 Å². The van der Waals surface area contributed by atoms with Crippen molar-refractivity contribution in [3.05, 3.63) is 0 Å². The molecule has 0 radical (unpaired) electrons. The molecule has 0 heterocycles. The lowest BCUT2D eigenvalue weighted by atomic mass is 10.0. The van der Waals surface area contributed by atoms with Gasteiger partial charge in [-0.25, -0.2) is 4.79 Å². The van der Waals surface area contributed by atoms with Gasteiger partial charge in [-0.1, -0.05) is 27.7 Å². The van der Waals surface area contributed by atoms with Crippen LogP contribution in [0.25, 0.3) is 0 Å². The van der Waals surface area contributed by atoms with Crippen LogP contribution >= 0.6 is 11.8 Å². The van der Waals surface area contributed by atoms with Crippen LogP contribution in [0.5, 0.6) is 0 Å². The number of unbranched alkanes of at least 4 members (excludes halogenated alkanes) is 1. The molecule has 0 aliphatic heterocycles. The van der Waals surface area contributed by atoms with Crippen LogP contribution in [0.4, 0.5) is 0 Å². The van der Waals surface area contributed by atoms with Gasteiger partial charge in [-0.3, -0.25) is 14.4 Å². The molecule has 0 rings (SSSR count). The van der Waals surface area contributed by atoms with E-state index in [0.29, 0.717) is 38.0 Å². The molecule has 4 atom stereocenters. The van der Waals surface area contributed by atoms with Crippen molar-refractivity contribution in [1.82, 2.24) is 16.0 Å². The van der Waals surface area contributed by atoms with E-state index in [0.717, 1.165) is 0 Å². The average Bonchev–Trinajstić information content (AvgIpc) is 2.72. The van der Waals surface area contributed by atoms with E-state index >= 15 is 0 Å². The summed E-state index contributed by atoms with van der Waals surface area (Å²) in [5, 5.41) is 17.3. The number of thioether (sulfide) groups is 1. The maximum atomic E-state index is 13.0. The predicted molar refractivity (Wildman–Crippen MR) is 132 cm³/mol. The number of hydrogen-bond donors (Lipinski definition) is 6. The van der Waals surface area contributed by atoms with Gasteiger partial charge in [0.25, 0.3) is 0 Å². The summed E-state index contributed by atoms with van der Waals surface area (Å²) in [4.78, 5) is 49.8. The van der Waals surface area contributed by atoms with Crippen LogP contribution in [0.1, 0.15) is 59.8 Å². The molecule has 0 spiro atoms. The molecule has 3 amide bonds. The number of rotatable bonds is 17. The first-order valence-corrected chi connectivity index (χ1v) is 12.9. The summed E-state index contributed by atoms with van der Waals surface area (Å²) in [7, 11) is 0. The average molecular weight is 490 g/mol. The van der Waals surface area contributed by atoms with Gasteiger partial charge in [0.05, 0.1) is 6.04 Å². The summed E-state index contributed by atoms with van der Waals surface area (Å²) in [5.74, 6) is -2.08.